The minimum absolute atomic E-state index is 0.147. The van der Waals surface area contributed by atoms with Crippen LogP contribution in [0.15, 0.2) is 61.2 Å². The first-order valence-corrected chi connectivity index (χ1v) is 8.37. The molecule has 7 heteroatoms. The summed E-state index contributed by atoms with van der Waals surface area (Å²) >= 11 is 0. The third-order valence-corrected chi connectivity index (χ3v) is 4.32. The van der Waals surface area contributed by atoms with Gasteiger partial charge in [-0.3, -0.25) is 9.59 Å². The molecule has 0 atom stereocenters. The van der Waals surface area contributed by atoms with Gasteiger partial charge in [-0.1, -0.05) is 0 Å². The third-order valence-electron chi connectivity index (χ3n) is 4.32. The van der Waals surface area contributed by atoms with Gasteiger partial charge in [0.1, 0.15) is 12.7 Å². The van der Waals surface area contributed by atoms with Crippen molar-refractivity contribution >= 4 is 23.2 Å². The summed E-state index contributed by atoms with van der Waals surface area (Å²) in [6, 6.07) is 14.4. The minimum atomic E-state index is -0.194. The molecule has 1 saturated heterocycles. The van der Waals surface area contributed by atoms with Crippen molar-refractivity contribution < 1.29 is 9.59 Å². The lowest BCUT2D eigenvalue weighted by atomic mass is 10.2. The van der Waals surface area contributed by atoms with Gasteiger partial charge < -0.3 is 10.2 Å². The molecular weight excluding hydrogens is 330 g/mol. The van der Waals surface area contributed by atoms with Crippen LogP contribution >= 0.6 is 0 Å². The fourth-order valence-corrected chi connectivity index (χ4v) is 2.96. The summed E-state index contributed by atoms with van der Waals surface area (Å²) in [5.41, 5.74) is 2.93. The van der Waals surface area contributed by atoms with Crippen LogP contribution < -0.4 is 10.2 Å². The van der Waals surface area contributed by atoms with Gasteiger partial charge >= 0.3 is 0 Å². The molecule has 2 aromatic carbocycles. The van der Waals surface area contributed by atoms with Gasteiger partial charge in [0.05, 0.1) is 5.69 Å². The van der Waals surface area contributed by atoms with E-state index < -0.39 is 0 Å². The molecule has 1 N–H and O–H groups in total. The second kappa shape index (κ2) is 6.79. The highest BCUT2D eigenvalue weighted by molar-refractivity contribution is 6.04. The predicted molar refractivity (Wildman–Crippen MR) is 97.3 cm³/mol. The second-order valence-electron chi connectivity index (χ2n) is 6.04. The van der Waals surface area contributed by atoms with Crippen molar-refractivity contribution in [3.8, 4) is 5.69 Å². The molecule has 0 aliphatic carbocycles. The molecule has 0 bridgehead atoms. The summed E-state index contributed by atoms with van der Waals surface area (Å²) in [5.74, 6) is -0.0469. The van der Waals surface area contributed by atoms with Crippen LogP contribution in [0.1, 0.15) is 23.2 Å². The van der Waals surface area contributed by atoms with Gasteiger partial charge in [-0.25, -0.2) is 9.67 Å². The lowest BCUT2D eigenvalue weighted by Gasteiger charge is -2.16. The topological polar surface area (TPSA) is 80.1 Å². The molecule has 1 aromatic heterocycles. The lowest BCUT2D eigenvalue weighted by Crippen LogP contribution is -2.23. The normalized spacial score (nSPS) is 13.8. The van der Waals surface area contributed by atoms with Crippen LogP contribution in [0.2, 0.25) is 0 Å². The number of benzene rings is 2. The van der Waals surface area contributed by atoms with Crippen LogP contribution in [-0.2, 0) is 4.79 Å². The average molecular weight is 347 g/mol. The van der Waals surface area contributed by atoms with Gasteiger partial charge in [0, 0.05) is 29.9 Å². The van der Waals surface area contributed by atoms with E-state index in [2.05, 4.69) is 15.4 Å². The first-order valence-electron chi connectivity index (χ1n) is 8.37. The maximum Gasteiger partial charge on any atom is 0.255 e. The Morgan fingerprint density at radius 1 is 1.00 bits per heavy atom. The number of carbonyl (C=O) groups excluding carboxylic acids is 2. The molecule has 2 heterocycles. The van der Waals surface area contributed by atoms with E-state index in [4.69, 9.17) is 0 Å². The summed E-state index contributed by atoms with van der Waals surface area (Å²) < 4.78 is 1.63. The van der Waals surface area contributed by atoms with Crippen LogP contribution in [0.25, 0.3) is 5.69 Å². The quantitative estimate of drug-likeness (QED) is 0.787. The zero-order chi connectivity index (χ0) is 17.9. The number of nitrogens with zero attached hydrogens (tertiary/aromatic N) is 4. The van der Waals surface area contributed by atoms with Gasteiger partial charge in [-0.2, -0.15) is 5.10 Å². The molecule has 1 fully saturated rings. The van der Waals surface area contributed by atoms with E-state index in [0.29, 0.717) is 17.7 Å². The molecule has 130 valence electrons. The van der Waals surface area contributed by atoms with Crippen molar-refractivity contribution in [2.24, 2.45) is 0 Å². The molecule has 1 aliphatic heterocycles. The summed E-state index contributed by atoms with van der Waals surface area (Å²) in [5, 5.41) is 6.92. The molecule has 3 aromatic rings. The third kappa shape index (κ3) is 3.19. The summed E-state index contributed by atoms with van der Waals surface area (Å²) in [6.45, 7) is 0.753. The molecule has 1 aliphatic rings. The standard InChI is InChI=1S/C19H17N5O2/c25-18-2-1-11-23(18)16-9-5-15(6-10-16)22-19(26)14-3-7-17(8-4-14)24-13-20-12-21-24/h3-10,12-13H,1-2,11H2,(H,22,26). The highest BCUT2D eigenvalue weighted by atomic mass is 16.2. The van der Waals surface area contributed by atoms with E-state index in [-0.39, 0.29) is 11.8 Å². The number of rotatable bonds is 4. The molecule has 2 amide bonds. The highest BCUT2D eigenvalue weighted by Gasteiger charge is 2.21. The summed E-state index contributed by atoms with van der Waals surface area (Å²) in [6.07, 6.45) is 4.55. The van der Waals surface area contributed by atoms with Crippen molar-refractivity contribution in [3.05, 3.63) is 66.7 Å². The van der Waals surface area contributed by atoms with Crippen molar-refractivity contribution in [2.45, 2.75) is 12.8 Å². The molecule has 26 heavy (non-hydrogen) atoms. The molecule has 4 rings (SSSR count). The van der Waals surface area contributed by atoms with Crippen LogP contribution in [0, 0.1) is 0 Å². The van der Waals surface area contributed by atoms with E-state index in [1.807, 2.05) is 36.4 Å². The molecule has 0 radical (unpaired) electrons. The van der Waals surface area contributed by atoms with Gasteiger partial charge in [-0.05, 0) is 55.0 Å². The number of hydrogen-bond acceptors (Lipinski definition) is 4. The van der Waals surface area contributed by atoms with Crippen molar-refractivity contribution in [3.63, 3.8) is 0 Å². The van der Waals surface area contributed by atoms with Crippen molar-refractivity contribution in [2.75, 3.05) is 16.8 Å². The van der Waals surface area contributed by atoms with E-state index in [1.54, 1.807) is 28.0 Å². The van der Waals surface area contributed by atoms with Crippen LogP contribution in [0.5, 0.6) is 0 Å². The number of nitrogens with one attached hydrogen (secondary N) is 1. The second-order valence-corrected chi connectivity index (χ2v) is 6.04. The van der Waals surface area contributed by atoms with E-state index >= 15 is 0 Å². The summed E-state index contributed by atoms with van der Waals surface area (Å²) in [7, 11) is 0. The molecular formula is C19H17N5O2. The first-order chi connectivity index (χ1) is 12.7. The zero-order valence-electron chi connectivity index (χ0n) is 14.0. The van der Waals surface area contributed by atoms with Gasteiger partial charge in [0.15, 0.2) is 0 Å². The summed E-state index contributed by atoms with van der Waals surface area (Å²) in [4.78, 5) is 29.8. The maximum absolute atomic E-state index is 12.4. The maximum atomic E-state index is 12.4. The number of hydrogen-bond donors (Lipinski definition) is 1. The minimum Gasteiger partial charge on any atom is -0.322 e. The van der Waals surface area contributed by atoms with Gasteiger partial charge in [0.2, 0.25) is 5.91 Å². The van der Waals surface area contributed by atoms with Crippen LogP contribution in [-0.4, -0.2) is 33.1 Å². The fourth-order valence-electron chi connectivity index (χ4n) is 2.96. The van der Waals surface area contributed by atoms with E-state index in [9.17, 15) is 9.59 Å². The Bertz CT molecular complexity index is 918. The van der Waals surface area contributed by atoms with Gasteiger partial charge in [-0.15, -0.1) is 0 Å². The zero-order valence-corrected chi connectivity index (χ0v) is 14.0. The van der Waals surface area contributed by atoms with E-state index in [1.165, 1.54) is 6.33 Å². The van der Waals surface area contributed by atoms with Crippen molar-refractivity contribution in [1.29, 1.82) is 0 Å². The Balaban J connectivity index is 1.43. The Labute approximate surface area is 150 Å². The number of carbonyl (C=O) groups is 2. The lowest BCUT2D eigenvalue weighted by molar-refractivity contribution is -0.117. The number of amides is 2. The first kappa shape index (κ1) is 16.0. The predicted octanol–water partition coefficient (Wildman–Crippen LogP) is 2.65. The number of anilines is 2. The SMILES string of the molecule is O=C(Nc1ccc(N2CCCC2=O)cc1)c1ccc(-n2cncn2)cc1. The van der Waals surface area contributed by atoms with Crippen molar-refractivity contribution in [1.82, 2.24) is 14.8 Å². The largest absolute Gasteiger partial charge is 0.322 e. The van der Waals surface area contributed by atoms with Gasteiger partial charge in [0.25, 0.3) is 5.91 Å². The molecule has 7 nitrogen and oxygen atoms in total. The van der Waals surface area contributed by atoms with E-state index in [0.717, 1.165) is 24.3 Å². The Morgan fingerprint density at radius 3 is 2.35 bits per heavy atom. The van der Waals surface area contributed by atoms with Crippen LogP contribution in [0.4, 0.5) is 11.4 Å². The fraction of sp³-hybridized carbons (Fsp3) is 0.158. The molecule has 0 spiro atoms. The Hall–Kier alpha value is -3.48. The Kier molecular flexibility index (Phi) is 4.18. The highest BCUT2D eigenvalue weighted by Crippen LogP contribution is 2.23. The smallest absolute Gasteiger partial charge is 0.255 e. The average Bonchev–Trinajstić information content (AvgIpc) is 3.34. The monoisotopic (exact) mass is 347 g/mol. The van der Waals surface area contributed by atoms with Crippen LogP contribution in [0.3, 0.4) is 0 Å². The molecule has 0 saturated carbocycles. The number of aromatic nitrogens is 3. The Morgan fingerprint density at radius 2 is 1.73 bits per heavy atom. The molecule has 0 unspecified atom stereocenters.